The Bertz CT molecular complexity index is 1350. The molecule has 6 heteroatoms. The SMILES string of the molecule is COc1cc2c(cc1OCc1ccc(C#N)cc1)C1Cc3c4c(n(CO)c3CN1CC2)C=CCC4. The van der Waals surface area contributed by atoms with Crippen LogP contribution in [0.1, 0.15) is 57.2 Å². The lowest BCUT2D eigenvalue weighted by molar-refractivity contribution is 0.144. The predicted octanol–water partition coefficient (Wildman–Crippen LogP) is 4.51. The first-order chi connectivity index (χ1) is 17.2. The van der Waals surface area contributed by atoms with Gasteiger partial charge in [-0.25, -0.2) is 0 Å². The van der Waals surface area contributed by atoms with Gasteiger partial charge >= 0.3 is 0 Å². The van der Waals surface area contributed by atoms with Crippen LogP contribution in [0.15, 0.2) is 42.5 Å². The minimum absolute atomic E-state index is 0.0294. The molecule has 0 radical (unpaired) electrons. The number of rotatable bonds is 5. The molecule has 2 aliphatic heterocycles. The van der Waals surface area contributed by atoms with Crippen molar-refractivity contribution in [2.75, 3.05) is 13.7 Å². The van der Waals surface area contributed by atoms with E-state index in [9.17, 15) is 5.11 Å². The van der Waals surface area contributed by atoms with Crippen LogP contribution >= 0.6 is 0 Å². The molecule has 3 aromatic rings. The van der Waals surface area contributed by atoms with E-state index in [1.54, 1.807) is 7.11 Å². The minimum Gasteiger partial charge on any atom is -0.493 e. The van der Waals surface area contributed by atoms with E-state index < -0.39 is 0 Å². The molecule has 0 saturated heterocycles. The molecule has 1 unspecified atom stereocenters. The van der Waals surface area contributed by atoms with Gasteiger partial charge in [-0.1, -0.05) is 18.2 Å². The number of hydrogen-bond donors (Lipinski definition) is 1. The third-order valence-electron chi connectivity index (χ3n) is 7.74. The van der Waals surface area contributed by atoms with Crippen molar-refractivity contribution in [2.45, 2.75) is 51.6 Å². The van der Waals surface area contributed by atoms with Gasteiger partial charge in [0.05, 0.1) is 18.7 Å². The Kier molecular flexibility index (Phi) is 5.60. The first-order valence-electron chi connectivity index (χ1n) is 12.3. The first-order valence-corrected chi connectivity index (χ1v) is 12.3. The molecule has 1 N–H and O–H groups in total. The van der Waals surface area contributed by atoms with Gasteiger partial charge < -0.3 is 19.1 Å². The highest BCUT2D eigenvalue weighted by Gasteiger charge is 2.37. The Morgan fingerprint density at radius 1 is 1.11 bits per heavy atom. The molecule has 178 valence electrons. The second kappa shape index (κ2) is 8.92. The van der Waals surface area contributed by atoms with E-state index >= 15 is 0 Å². The van der Waals surface area contributed by atoms with Gasteiger partial charge in [-0.3, -0.25) is 4.90 Å². The van der Waals surface area contributed by atoms with Crippen molar-refractivity contribution in [3.05, 3.63) is 87.2 Å². The van der Waals surface area contributed by atoms with E-state index in [1.807, 2.05) is 24.3 Å². The number of aromatic nitrogens is 1. The lowest BCUT2D eigenvalue weighted by atomic mass is 9.83. The number of methoxy groups -OCH3 is 1. The van der Waals surface area contributed by atoms with Crippen LogP contribution < -0.4 is 9.47 Å². The van der Waals surface area contributed by atoms with Crippen molar-refractivity contribution >= 4 is 6.08 Å². The Balaban J connectivity index is 1.33. The molecule has 0 saturated carbocycles. The number of aliphatic hydroxyl groups is 1. The van der Waals surface area contributed by atoms with Crippen molar-refractivity contribution < 1.29 is 14.6 Å². The van der Waals surface area contributed by atoms with Crippen LogP contribution in [-0.2, 0) is 39.1 Å². The van der Waals surface area contributed by atoms with Gasteiger partial charge in [0.15, 0.2) is 11.5 Å². The summed E-state index contributed by atoms with van der Waals surface area (Å²) in [6.07, 6.45) is 8.42. The zero-order chi connectivity index (χ0) is 23.9. The van der Waals surface area contributed by atoms with Crippen LogP contribution in [-0.4, -0.2) is 28.2 Å². The molecule has 1 atom stereocenters. The summed E-state index contributed by atoms with van der Waals surface area (Å²) in [6, 6.07) is 14.3. The highest BCUT2D eigenvalue weighted by atomic mass is 16.5. The van der Waals surface area contributed by atoms with Gasteiger partial charge in [0, 0.05) is 30.5 Å². The summed E-state index contributed by atoms with van der Waals surface area (Å²) in [7, 11) is 1.69. The van der Waals surface area contributed by atoms with Gasteiger partial charge in [0.1, 0.15) is 13.3 Å². The molecule has 1 aromatic heterocycles. The highest BCUT2D eigenvalue weighted by molar-refractivity contribution is 5.60. The molecule has 0 bridgehead atoms. The van der Waals surface area contributed by atoms with E-state index in [-0.39, 0.29) is 6.73 Å². The van der Waals surface area contributed by atoms with Gasteiger partial charge in [-0.15, -0.1) is 0 Å². The van der Waals surface area contributed by atoms with Crippen molar-refractivity contribution in [3.8, 4) is 17.6 Å². The smallest absolute Gasteiger partial charge is 0.162 e. The van der Waals surface area contributed by atoms with Crippen molar-refractivity contribution in [1.82, 2.24) is 9.47 Å². The molecule has 3 heterocycles. The summed E-state index contributed by atoms with van der Waals surface area (Å²) in [6.45, 7) is 2.29. The van der Waals surface area contributed by atoms with Crippen LogP contribution in [0.3, 0.4) is 0 Å². The third kappa shape index (κ3) is 3.72. The van der Waals surface area contributed by atoms with E-state index in [1.165, 1.54) is 33.6 Å². The summed E-state index contributed by atoms with van der Waals surface area (Å²) in [4.78, 5) is 2.54. The number of allylic oxidation sites excluding steroid dienone is 1. The molecule has 6 nitrogen and oxygen atoms in total. The quantitative estimate of drug-likeness (QED) is 0.598. The lowest BCUT2D eigenvalue weighted by Gasteiger charge is -2.41. The Labute approximate surface area is 205 Å². The largest absolute Gasteiger partial charge is 0.493 e. The number of aliphatic hydroxyl groups excluding tert-OH is 1. The second-order valence-electron chi connectivity index (χ2n) is 9.54. The zero-order valence-corrected chi connectivity index (χ0v) is 20.0. The standard InChI is InChI=1S/C29H29N3O3/c1-34-28-12-21-10-11-31-16-27-24(22-4-2-3-5-25(22)32(27)18-33)13-26(31)23(21)14-29(28)35-17-20-8-6-19(15-30)7-9-20/h3,5-9,12,14,26,33H,2,4,10-11,13,16-18H2,1H3. The van der Waals surface area contributed by atoms with Gasteiger partial charge in [0.25, 0.3) is 0 Å². The van der Waals surface area contributed by atoms with E-state index in [4.69, 9.17) is 14.7 Å². The Morgan fingerprint density at radius 2 is 1.97 bits per heavy atom. The van der Waals surface area contributed by atoms with Crippen LogP contribution in [0.25, 0.3) is 6.08 Å². The minimum atomic E-state index is 0.0294. The molecular weight excluding hydrogens is 438 g/mol. The normalized spacial score (nSPS) is 18.1. The average Bonchev–Trinajstić information content (AvgIpc) is 3.23. The van der Waals surface area contributed by atoms with Gasteiger partial charge in [-0.2, -0.15) is 5.26 Å². The molecule has 35 heavy (non-hydrogen) atoms. The first kappa shape index (κ1) is 22.0. The number of nitriles is 1. The highest BCUT2D eigenvalue weighted by Crippen LogP contribution is 2.45. The van der Waals surface area contributed by atoms with Gasteiger partial charge in [-0.05, 0) is 83.8 Å². The maximum atomic E-state index is 10.1. The molecule has 0 fully saturated rings. The number of nitrogens with zero attached hydrogens (tertiary/aromatic N) is 3. The average molecular weight is 468 g/mol. The Hall–Kier alpha value is -3.53. The van der Waals surface area contributed by atoms with Crippen molar-refractivity contribution in [2.24, 2.45) is 0 Å². The second-order valence-corrected chi connectivity index (χ2v) is 9.54. The van der Waals surface area contributed by atoms with E-state index in [0.717, 1.165) is 55.8 Å². The molecule has 0 amide bonds. The molecule has 6 rings (SSSR count). The number of ether oxygens (including phenoxy) is 2. The van der Waals surface area contributed by atoms with E-state index in [0.29, 0.717) is 18.2 Å². The van der Waals surface area contributed by atoms with Crippen LogP contribution in [0.5, 0.6) is 11.5 Å². The summed E-state index contributed by atoms with van der Waals surface area (Å²) in [5.74, 6) is 1.51. The van der Waals surface area contributed by atoms with Crippen LogP contribution in [0, 0.1) is 11.3 Å². The van der Waals surface area contributed by atoms with Crippen molar-refractivity contribution in [3.63, 3.8) is 0 Å². The third-order valence-corrected chi connectivity index (χ3v) is 7.74. The fourth-order valence-corrected chi connectivity index (χ4v) is 5.96. The molecule has 3 aliphatic rings. The summed E-state index contributed by atoms with van der Waals surface area (Å²) < 4.78 is 14.0. The number of benzene rings is 2. The topological polar surface area (TPSA) is 70.6 Å². The molecule has 1 aliphatic carbocycles. The number of fused-ring (bicyclic) bond motifs is 6. The van der Waals surface area contributed by atoms with E-state index in [2.05, 4.69) is 39.8 Å². The molecular formula is C29H29N3O3. The summed E-state index contributed by atoms with van der Waals surface area (Å²) in [5.41, 5.74) is 9.58. The Morgan fingerprint density at radius 3 is 2.74 bits per heavy atom. The zero-order valence-electron chi connectivity index (χ0n) is 20.0. The summed E-state index contributed by atoms with van der Waals surface area (Å²) in [5, 5.41) is 19.2. The van der Waals surface area contributed by atoms with Gasteiger partial charge in [0.2, 0.25) is 0 Å². The molecule has 0 spiro atoms. The lowest BCUT2D eigenvalue weighted by Crippen LogP contribution is -2.40. The maximum absolute atomic E-state index is 10.1. The van der Waals surface area contributed by atoms with Crippen LogP contribution in [0.4, 0.5) is 0 Å². The fourth-order valence-electron chi connectivity index (χ4n) is 5.96. The summed E-state index contributed by atoms with van der Waals surface area (Å²) >= 11 is 0. The molecule has 2 aromatic carbocycles. The maximum Gasteiger partial charge on any atom is 0.162 e. The number of hydrogen-bond acceptors (Lipinski definition) is 5. The monoisotopic (exact) mass is 467 g/mol. The fraction of sp³-hybridized carbons (Fsp3) is 0.345. The van der Waals surface area contributed by atoms with Crippen molar-refractivity contribution in [1.29, 1.82) is 5.26 Å². The van der Waals surface area contributed by atoms with Crippen LogP contribution in [0.2, 0.25) is 0 Å². The predicted molar refractivity (Wildman–Crippen MR) is 133 cm³/mol.